The van der Waals surface area contributed by atoms with Gasteiger partial charge in [0.25, 0.3) is 0 Å². The van der Waals surface area contributed by atoms with Crippen LogP contribution in [-0.2, 0) is 4.79 Å². The van der Waals surface area contributed by atoms with Crippen molar-refractivity contribution in [2.45, 2.75) is 33.6 Å². The van der Waals surface area contributed by atoms with Crippen molar-refractivity contribution in [2.75, 3.05) is 19.6 Å². The van der Waals surface area contributed by atoms with E-state index in [1.165, 1.54) is 13.0 Å². The molecule has 0 aromatic heterocycles. The fraction of sp³-hybridized carbons (Fsp3) is 0.900. The summed E-state index contributed by atoms with van der Waals surface area (Å²) in [6.07, 6.45) is 1.99. The Morgan fingerprint density at radius 1 is 1.50 bits per heavy atom. The Kier molecular flexibility index (Phi) is 2.89. The van der Waals surface area contributed by atoms with Crippen molar-refractivity contribution in [1.82, 2.24) is 4.90 Å². The monoisotopic (exact) mass is 169 g/mol. The van der Waals surface area contributed by atoms with Gasteiger partial charge in [-0.2, -0.15) is 0 Å². The van der Waals surface area contributed by atoms with Gasteiger partial charge in [-0.3, -0.25) is 4.79 Å². The van der Waals surface area contributed by atoms with E-state index in [0.717, 1.165) is 19.5 Å². The summed E-state index contributed by atoms with van der Waals surface area (Å²) in [4.78, 5) is 13.1. The number of carbonyl (C=O) groups excluding carboxylic acids is 1. The van der Waals surface area contributed by atoms with Crippen LogP contribution in [0.3, 0.4) is 0 Å². The third-order valence-electron chi connectivity index (χ3n) is 2.54. The first kappa shape index (κ1) is 9.72. The van der Waals surface area contributed by atoms with Crippen LogP contribution >= 0.6 is 0 Å². The van der Waals surface area contributed by atoms with E-state index in [9.17, 15) is 4.79 Å². The summed E-state index contributed by atoms with van der Waals surface area (Å²) in [5.74, 6) is 0.305. The molecule has 1 rings (SSSR count). The van der Waals surface area contributed by atoms with Crippen molar-refractivity contribution < 1.29 is 4.79 Å². The fourth-order valence-electron chi connectivity index (χ4n) is 1.73. The van der Waals surface area contributed by atoms with E-state index in [2.05, 4.69) is 18.7 Å². The summed E-state index contributed by atoms with van der Waals surface area (Å²) in [7, 11) is 0. The zero-order chi connectivity index (χ0) is 9.19. The third-order valence-corrected chi connectivity index (χ3v) is 2.54. The average Bonchev–Trinajstić information content (AvgIpc) is 2.26. The molecular formula is C10H19NO. The maximum atomic E-state index is 10.7. The second-order valence-electron chi connectivity index (χ2n) is 4.64. The maximum Gasteiger partial charge on any atom is 0.131 e. The SMILES string of the molecule is CC(=O)CCN1CCC(C)(C)C1. The van der Waals surface area contributed by atoms with Gasteiger partial charge in [-0.25, -0.2) is 0 Å². The van der Waals surface area contributed by atoms with Crippen LogP contribution in [0.2, 0.25) is 0 Å². The van der Waals surface area contributed by atoms with Gasteiger partial charge >= 0.3 is 0 Å². The second kappa shape index (κ2) is 3.56. The summed E-state index contributed by atoms with van der Waals surface area (Å²) in [6.45, 7) is 9.53. The highest BCUT2D eigenvalue weighted by Crippen LogP contribution is 2.28. The molecule has 1 fully saturated rings. The van der Waals surface area contributed by atoms with Crippen LogP contribution in [0.15, 0.2) is 0 Å². The van der Waals surface area contributed by atoms with Crippen LogP contribution < -0.4 is 0 Å². The lowest BCUT2D eigenvalue weighted by atomic mass is 9.93. The van der Waals surface area contributed by atoms with Crippen LogP contribution in [0.5, 0.6) is 0 Å². The van der Waals surface area contributed by atoms with Crippen LogP contribution in [0, 0.1) is 5.41 Å². The van der Waals surface area contributed by atoms with Crippen molar-refractivity contribution in [3.05, 3.63) is 0 Å². The molecule has 1 aliphatic heterocycles. The van der Waals surface area contributed by atoms with Gasteiger partial charge in [0.1, 0.15) is 5.78 Å². The first-order chi connectivity index (χ1) is 5.49. The highest BCUT2D eigenvalue weighted by Gasteiger charge is 2.28. The van der Waals surface area contributed by atoms with Crippen molar-refractivity contribution >= 4 is 5.78 Å². The lowest BCUT2D eigenvalue weighted by molar-refractivity contribution is -0.117. The van der Waals surface area contributed by atoms with Gasteiger partial charge in [0.2, 0.25) is 0 Å². The van der Waals surface area contributed by atoms with Crippen molar-refractivity contribution in [1.29, 1.82) is 0 Å². The van der Waals surface area contributed by atoms with E-state index >= 15 is 0 Å². The Bertz CT molecular complexity index is 175. The molecule has 0 N–H and O–H groups in total. The van der Waals surface area contributed by atoms with E-state index in [4.69, 9.17) is 0 Å². The Morgan fingerprint density at radius 3 is 2.58 bits per heavy atom. The molecule has 0 aromatic carbocycles. The minimum Gasteiger partial charge on any atom is -0.302 e. The van der Waals surface area contributed by atoms with Crippen LogP contribution in [0.1, 0.15) is 33.6 Å². The van der Waals surface area contributed by atoms with Crippen LogP contribution in [0.25, 0.3) is 0 Å². The molecule has 0 aliphatic carbocycles. The number of hydrogen-bond donors (Lipinski definition) is 0. The predicted molar refractivity (Wildman–Crippen MR) is 50.1 cm³/mol. The smallest absolute Gasteiger partial charge is 0.131 e. The van der Waals surface area contributed by atoms with E-state index in [-0.39, 0.29) is 0 Å². The molecule has 70 valence electrons. The lowest BCUT2D eigenvalue weighted by Gasteiger charge is -2.18. The molecule has 12 heavy (non-hydrogen) atoms. The van der Waals surface area contributed by atoms with E-state index in [1.54, 1.807) is 6.92 Å². The summed E-state index contributed by atoms with van der Waals surface area (Å²) in [5.41, 5.74) is 0.469. The highest BCUT2D eigenvalue weighted by molar-refractivity contribution is 5.75. The number of nitrogens with zero attached hydrogens (tertiary/aromatic N) is 1. The molecule has 0 saturated carbocycles. The molecule has 0 atom stereocenters. The van der Waals surface area contributed by atoms with E-state index in [0.29, 0.717) is 11.2 Å². The Morgan fingerprint density at radius 2 is 2.17 bits per heavy atom. The highest BCUT2D eigenvalue weighted by atomic mass is 16.1. The minimum atomic E-state index is 0.305. The van der Waals surface area contributed by atoms with Gasteiger partial charge in [-0.05, 0) is 25.3 Å². The first-order valence-electron chi connectivity index (χ1n) is 4.71. The molecule has 2 nitrogen and oxygen atoms in total. The summed E-state index contributed by atoms with van der Waals surface area (Å²) < 4.78 is 0. The molecule has 0 amide bonds. The summed E-state index contributed by atoms with van der Waals surface area (Å²) >= 11 is 0. The number of Topliss-reactive ketones (excluding diaryl/α,β-unsaturated/α-hetero) is 1. The molecule has 1 heterocycles. The van der Waals surface area contributed by atoms with E-state index in [1.807, 2.05) is 0 Å². The van der Waals surface area contributed by atoms with Gasteiger partial charge in [-0.15, -0.1) is 0 Å². The molecule has 1 aliphatic rings. The van der Waals surface area contributed by atoms with Gasteiger partial charge in [0.05, 0.1) is 0 Å². The Hall–Kier alpha value is -0.370. The van der Waals surface area contributed by atoms with Crippen molar-refractivity contribution in [3.63, 3.8) is 0 Å². The standard InChI is InChI=1S/C10H19NO/c1-9(12)4-6-11-7-5-10(2,3)8-11/h4-8H2,1-3H3. The number of carbonyl (C=O) groups is 1. The molecule has 0 spiro atoms. The fourth-order valence-corrected chi connectivity index (χ4v) is 1.73. The zero-order valence-corrected chi connectivity index (χ0v) is 8.39. The number of likely N-dealkylation sites (tertiary alicyclic amines) is 1. The summed E-state index contributed by atoms with van der Waals surface area (Å²) in [5, 5.41) is 0. The third kappa shape index (κ3) is 2.94. The van der Waals surface area contributed by atoms with Gasteiger partial charge in [0.15, 0.2) is 0 Å². The lowest BCUT2D eigenvalue weighted by Crippen LogP contribution is -2.25. The van der Waals surface area contributed by atoms with Gasteiger partial charge in [0, 0.05) is 19.5 Å². The van der Waals surface area contributed by atoms with Crippen molar-refractivity contribution in [2.24, 2.45) is 5.41 Å². The predicted octanol–water partition coefficient (Wildman–Crippen LogP) is 1.70. The Balaban J connectivity index is 2.24. The normalized spacial score (nSPS) is 22.9. The Labute approximate surface area is 74.9 Å². The average molecular weight is 169 g/mol. The second-order valence-corrected chi connectivity index (χ2v) is 4.64. The molecule has 0 aromatic rings. The van der Waals surface area contributed by atoms with Gasteiger partial charge < -0.3 is 4.90 Å². The topological polar surface area (TPSA) is 20.3 Å². The zero-order valence-electron chi connectivity index (χ0n) is 8.39. The number of ketones is 1. The molecule has 0 unspecified atom stereocenters. The molecule has 2 heteroatoms. The van der Waals surface area contributed by atoms with E-state index < -0.39 is 0 Å². The number of rotatable bonds is 3. The molecule has 1 saturated heterocycles. The largest absolute Gasteiger partial charge is 0.302 e. The van der Waals surface area contributed by atoms with Crippen molar-refractivity contribution in [3.8, 4) is 0 Å². The molecule has 0 bridgehead atoms. The maximum absolute atomic E-state index is 10.7. The van der Waals surface area contributed by atoms with Crippen LogP contribution in [0.4, 0.5) is 0 Å². The quantitative estimate of drug-likeness (QED) is 0.641. The molecule has 0 radical (unpaired) electrons. The van der Waals surface area contributed by atoms with Crippen LogP contribution in [-0.4, -0.2) is 30.3 Å². The first-order valence-corrected chi connectivity index (χ1v) is 4.71. The summed E-state index contributed by atoms with van der Waals surface area (Å²) in [6, 6.07) is 0. The van der Waals surface area contributed by atoms with Gasteiger partial charge in [-0.1, -0.05) is 13.8 Å². The minimum absolute atomic E-state index is 0.305. The number of hydrogen-bond acceptors (Lipinski definition) is 2. The molecular weight excluding hydrogens is 150 g/mol.